The van der Waals surface area contributed by atoms with Gasteiger partial charge in [0.05, 0.1) is 23.0 Å². The zero-order valence-corrected chi connectivity index (χ0v) is 18.1. The molecule has 0 unspecified atom stereocenters. The number of hydrogen-bond acceptors (Lipinski definition) is 4. The predicted molar refractivity (Wildman–Crippen MR) is 122 cm³/mol. The van der Waals surface area contributed by atoms with Gasteiger partial charge in [-0.15, -0.1) is 0 Å². The molecule has 5 rings (SSSR count). The van der Waals surface area contributed by atoms with Crippen LogP contribution in [-0.2, 0) is 13.2 Å². The molecule has 160 valence electrons. The van der Waals surface area contributed by atoms with E-state index in [0.29, 0.717) is 29.5 Å². The van der Waals surface area contributed by atoms with E-state index in [4.69, 9.17) is 16.3 Å². The van der Waals surface area contributed by atoms with E-state index >= 15 is 0 Å². The lowest BCUT2D eigenvalue weighted by Crippen LogP contribution is -2.22. The van der Waals surface area contributed by atoms with Gasteiger partial charge >= 0.3 is 0 Å². The van der Waals surface area contributed by atoms with Crippen LogP contribution in [0.1, 0.15) is 27.3 Å². The van der Waals surface area contributed by atoms with Crippen molar-refractivity contribution in [1.29, 1.82) is 0 Å². The maximum atomic E-state index is 12.5. The molecule has 32 heavy (non-hydrogen) atoms. The van der Waals surface area contributed by atoms with Gasteiger partial charge in [-0.2, -0.15) is 0 Å². The zero-order chi connectivity index (χ0) is 22.1. The van der Waals surface area contributed by atoms with Crippen LogP contribution in [0.25, 0.3) is 11.3 Å². The third kappa shape index (κ3) is 4.15. The average Bonchev–Trinajstić information content (AvgIpc) is 3.40. The van der Waals surface area contributed by atoms with Crippen molar-refractivity contribution in [1.82, 2.24) is 24.1 Å². The van der Waals surface area contributed by atoms with Gasteiger partial charge in [0, 0.05) is 30.4 Å². The van der Waals surface area contributed by atoms with Gasteiger partial charge in [0.1, 0.15) is 23.7 Å². The molecule has 0 aliphatic carbocycles. The third-order valence-electron chi connectivity index (χ3n) is 5.13. The molecular weight excluding hydrogens is 426 g/mol. The Hall–Kier alpha value is -3.84. The van der Waals surface area contributed by atoms with Crippen molar-refractivity contribution in [2.24, 2.45) is 0 Å². The molecule has 1 amide bonds. The number of aromatic nitrogens is 4. The van der Waals surface area contributed by atoms with Crippen molar-refractivity contribution >= 4 is 28.8 Å². The van der Waals surface area contributed by atoms with Crippen LogP contribution in [0, 0.1) is 6.92 Å². The Morgan fingerprint density at radius 2 is 1.81 bits per heavy atom. The van der Waals surface area contributed by atoms with E-state index in [1.165, 1.54) is 0 Å². The SMILES string of the molecule is Cc1cccn2cc(COc3ccc(C(=O)NCc4cn5cc(Cl)ccc5n4)cc3)nc12. The minimum atomic E-state index is -0.178. The van der Waals surface area contributed by atoms with Crippen LogP contribution in [0.4, 0.5) is 0 Å². The summed E-state index contributed by atoms with van der Waals surface area (Å²) in [5, 5.41) is 3.52. The summed E-state index contributed by atoms with van der Waals surface area (Å²) in [6.45, 7) is 2.70. The summed E-state index contributed by atoms with van der Waals surface area (Å²) in [5.41, 5.74) is 4.96. The topological polar surface area (TPSA) is 72.9 Å². The van der Waals surface area contributed by atoms with Crippen LogP contribution in [0.3, 0.4) is 0 Å². The first-order valence-electron chi connectivity index (χ1n) is 10.1. The molecule has 0 spiro atoms. The van der Waals surface area contributed by atoms with Gasteiger partial charge in [-0.05, 0) is 55.0 Å². The fourth-order valence-electron chi connectivity index (χ4n) is 3.51. The maximum absolute atomic E-state index is 12.5. The number of nitrogens with zero attached hydrogens (tertiary/aromatic N) is 4. The monoisotopic (exact) mass is 445 g/mol. The molecular formula is C24H20ClN5O2. The number of amides is 1. The first-order valence-corrected chi connectivity index (χ1v) is 10.5. The van der Waals surface area contributed by atoms with Gasteiger partial charge in [-0.1, -0.05) is 17.7 Å². The average molecular weight is 446 g/mol. The van der Waals surface area contributed by atoms with E-state index < -0.39 is 0 Å². The van der Waals surface area contributed by atoms with Crippen LogP contribution in [0.5, 0.6) is 5.75 Å². The van der Waals surface area contributed by atoms with Crippen LogP contribution < -0.4 is 10.1 Å². The van der Waals surface area contributed by atoms with Gasteiger partial charge in [-0.3, -0.25) is 4.79 Å². The van der Waals surface area contributed by atoms with Crippen molar-refractivity contribution in [3.8, 4) is 5.75 Å². The second-order valence-electron chi connectivity index (χ2n) is 7.50. The molecule has 0 aliphatic rings. The summed E-state index contributed by atoms with van der Waals surface area (Å²) in [5.74, 6) is 0.495. The highest BCUT2D eigenvalue weighted by Gasteiger charge is 2.09. The number of aryl methyl sites for hydroxylation is 1. The van der Waals surface area contributed by atoms with E-state index in [1.807, 2.05) is 52.5 Å². The van der Waals surface area contributed by atoms with Crippen LogP contribution in [0.2, 0.25) is 5.02 Å². The third-order valence-corrected chi connectivity index (χ3v) is 5.35. The van der Waals surface area contributed by atoms with Crippen molar-refractivity contribution in [2.45, 2.75) is 20.1 Å². The van der Waals surface area contributed by atoms with Crippen molar-refractivity contribution in [2.75, 3.05) is 0 Å². The first-order chi connectivity index (χ1) is 15.5. The summed E-state index contributed by atoms with van der Waals surface area (Å²) in [7, 11) is 0. The molecule has 7 nitrogen and oxygen atoms in total. The first kappa shape index (κ1) is 20.1. The molecule has 8 heteroatoms. The normalized spacial score (nSPS) is 11.2. The second kappa shape index (κ2) is 8.36. The standard InChI is InChI=1S/C24H20ClN5O2/c1-16-3-2-10-29-14-20(28-23(16)29)15-32-21-7-4-17(5-8-21)24(31)26-11-19-13-30-12-18(25)6-9-22(30)27-19/h2-10,12-14H,11,15H2,1H3,(H,26,31). The number of hydrogen-bond donors (Lipinski definition) is 1. The number of pyridine rings is 2. The zero-order valence-electron chi connectivity index (χ0n) is 17.3. The largest absolute Gasteiger partial charge is 0.487 e. The Balaban J connectivity index is 1.18. The van der Waals surface area contributed by atoms with Crippen molar-refractivity contribution < 1.29 is 9.53 Å². The number of carbonyl (C=O) groups excluding carboxylic acids is 1. The lowest BCUT2D eigenvalue weighted by molar-refractivity contribution is 0.0950. The van der Waals surface area contributed by atoms with Gasteiger partial charge in [-0.25, -0.2) is 9.97 Å². The summed E-state index contributed by atoms with van der Waals surface area (Å²) in [6, 6.07) is 14.7. The molecule has 0 radical (unpaired) electrons. The number of halogens is 1. The Kier molecular flexibility index (Phi) is 5.25. The quantitative estimate of drug-likeness (QED) is 0.419. The van der Waals surface area contributed by atoms with Crippen LogP contribution in [0.15, 0.2) is 73.3 Å². The summed E-state index contributed by atoms with van der Waals surface area (Å²) in [4.78, 5) is 21.6. The summed E-state index contributed by atoms with van der Waals surface area (Å²) < 4.78 is 9.66. The molecule has 0 saturated heterocycles. The molecule has 0 aliphatic heterocycles. The predicted octanol–water partition coefficient (Wildman–Crippen LogP) is 4.45. The molecule has 0 fully saturated rings. The fraction of sp³-hybridized carbons (Fsp3) is 0.125. The highest BCUT2D eigenvalue weighted by Crippen LogP contribution is 2.16. The van der Waals surface area contributed by atoms with Crippen LogP contribution >= 0.6 is 11.6 Å². The summed E-state index contributed by atoms with van der Waals surface area (Å²) in [6.07, 6.45) is 7.55. The number of rotatable bonds is 6. The summed E-state index contributed by atoms with van der Waals surface area (Å²) >= 11 is 6.00. The van der Waals surface area contributed by atoms with Crippen molar-refractivity contribution in [3.63, 3.8) is 0 Å². The Morgan fingerprint density at radius 1 is 1.00 bits per heavy atom. The number of ether oxygens (including phenoxy) is 1. The molecule has 4 heterocycles. The van der Waals surface area contributed by atoms with Gasteiger partial charge in [0.25, 0.3) is 5.91 Å². The second-order valence-corrected chi connectivity index (χ2v) is 7.93. The molecule has 5 aromatic rings. The maximum Gasteiger partial charge on any atom is 0.251 e. The minimum absolute atomic E-state index is 0.178. The minimum Gasteiger partial charge on any atom is -0.487 e. The Labute approximate surface area is 189 Å². The number of carbonyl (C=O) groups is 1. The lowest BCUT2D eigenvalue weighted by Gasteiger charge is -2.06. The Morgan fingerprint density at radius 3 is 2.62 bits per heavy atom. The number of benzene rings is 1. The van der Waals surface area contributed by atoms with E-state index in [0.717, 1.165) is 28.2 Å². The molecule has 0 saturated carbocycles. The van der Waals surface area contributed by atoms with Gasteiger partial charge < -0.3 is 18.9 Å². The van der Waals surface area contributed by atoms with Crippen molar-refractivity contribution in [3.05, 3.63) is 101 Å². The van der Waals surface area contributed by atoms with E-state index in [2.05, 4.69) is 15.3 Å². The highest BCUT2D eigenvalue weighted by atomic mass is 35.5. The van der Waals surface area contributed by atoms with Crippen LogP contribution in [-0.4, -0.2) is 24.7 Å². The fourth-order valence-corrected chi connectivity index (χ4v) is 3.68. The van der Waals surface area contributed by atoms with E-state index in [-0.39, 0.29) is 5.91 Å². The number of fused-ring (bicyclic) bond motifs is 2. The molecule has 0 atom stereocenters. The number of imidazole rings is 2. The number of nitrogens with one attached hydrogen (secondary N) is 1. The molecule has 1 aromatic carbocycles. The van der Waals surface area contributed by atoms with Gasteiger partial charge in [0.2, 0.25) is 0 Å². The van der Waals surface area contributed by atoms with E-state index in [1.54, 1.807) is 36.5 Å². The molecule has 1 N–H and O–H groups in total. The Bertz CT molecular complexity index is 1420. The highest BCUT2D eigenvalue weighted by molar-refractivity contribution is 6.30. The van der Waals surface area contributed by atoms with E-state index in [9.17, 15) is 4.79 Å². The lowest BCUT2D eigenvalue weighted by atomic mass is 10.2. The molecule has 4 aromatic heterocycles. The smallest absolute Gasteiger partial charge is 0.251 e. The van der Waals surface area contributed by atoms with Gasteiger partial charge in [0.15, 0.2) is 0 Å². The molecule has 0 bridgehead atoms.